The van der Waals surface area contributed by atoms with Crippen molar-refractivity contribution >= 4 is 12.0 Å². The van der Waals surface area contributed by atoms with Gasteiger partial charge in [0.15, 0.2) is 0 Å². The molecule has 2 amide bonds. The zero-order valence-corrected chi connectivity index (χ0v) is 10.6. The van der Waals surface area contributed by atoms with Gasteiger partial charge in [0, 0.05) is 6.54 Å². The molecule has 19 heavy (non-hydrogen) atoms. The molecule has 0 heterocycles. The summed E-state index contributed by atoms with van der Waals surface area (Å²) in [6.45, 7) is 1.98. The van der Waals surface area contributed by atoms with E-state index in [0.717, 1.165) is 0 Å². The standard InChI is InChI=1S/C13H17FN2O3/c1-2-4-11(12(17)18)16-13(19)15-8-9-5-3-6-10(14)7-9/h3,5-7,11H,2,4,8H2,1H3,(H,17,18)(H2,15,16,19). The van der Waals surface area contributed by atoms with Crippen LogP contribution in [-0.2, 0) is 11.3 Å². The molecule has 1 aromatic carbocycles. The first-order valence-electron chi connectivity index (χ1n) is 6.04. The van der Waals surface area contributed by atoms with Gasteiger partial charge in [0.05, 0.1) is 0 Å². The quantitative estimate of drug-likeness (QED) is 0.737. The number of aliphatic carboxylic acids is 1. The third-order valence-electron chi connectivity index (χ3n) is 2.52. The maximum atomic E-state index is 12.9. The number of hydrogen-bond acceptors (Lipinski definition) is 2. The minimum atomic E-state index is -1.07. The number of amides is 2. The highest BCUT2D eigenvalue weighted by atomic mass is 19.1. The predicted molar refractivity (Wildman–Crippen MR) is 68.1 cm³/mol. The highest BCUT2D eigenvalue weighted by Gasteiger charge is 2.18. The van der Waals surface area contributed by atoms with Crippen LogP contribution in [0.3, 0.4) is 0 Å². The third-order valence-corrected chi connectivity index (χ3v) is 2.52. The number of halogens is 1. The largest absolute Gasteiger partial charge is 0.480 e. The molecule has 0 aliphatic rings. The average molecular weight is 268 g/mol. The van der Waals surface area contributed by atoms with Crippen molar-refractivity contribution in [3.63, 3.8) is 0 Å². The van der Waals surface area contributed by atoms with Crippen LogP contribution in [0.25, 0.3) is 0 Å². The molecule has 1 rings (SSSR count). The number of nitrogens with one attached hydrogen (secondary N) is 2. The number of carbonyl (C=O) groups excluding carboxylic acids is 1. The molecule has 0 aliphatic carbocycles. The van der Waals surface area contributed by atoms with Crippen LogP contribution >= 0.6 is 0 Å². The summed E-state index contributed by atoms with van der Waals surface area (Å²) in [5.74, 6) is -1.45. The summed E-state index contributed by atoms with van der Waals surface area (Å²) in [5.41, 5.74) is 0.609. The fraction of sp³-hybridized carbons (Fsp3) is 0.385. The number of hydrogen-bond donors (Lipinski definition) is 3. The molecule has 3 N–H and O–H groups in total. The van der Waals surface area contributed by atoms with Crippen molar-refractivity contribution < 1.29 is 19.1 Å². The lowest BCUT2D eigenvalue weighted by Crippen LogP contribution is -2.45. The number of carboxylic acids is 1. The van der Waals surface area contributed by atoms with Crippen molar-refractivity contribution in [1.82, 2.24) is 10.6 Å². The first-order valence-corrected chi connectivity index (χ1v) is 6.04. The smallest absolute Gasteiger partial charge is 0.326 e. The molecule has 6 heteroatoms. The summed E-state index contributed by atoms with van der Waals surface area (Å²) in [7, 11) is 0. The second-order valence-electron chi connectivity index (χ2n) is 4.14. The molecule has 1 atom stereocenters. The first-order chi connectivity index (χ1) is 9.02. The highest BCUT2D eigenvalue weighted by molar-refractivity contribution is 5.82. The Morgan fingerprint density at radius 3 is 2.74 bits per heavy atom. The van der Waals surface area contributed by atoms with E-state index < -0.39 is 18.0 Å². The van der Waals surface area contributed by atoms with Crippen LogP contribution in [0.1, 0.15) is 25.3 Å². The maximum Gasteiger partial charge on any atom is 0.326 e. The van der Waals surface area contributed by atoms with Crippen LogP contribution in [0.2, 0.25) is 0 Å². The fourth-order valence-corrected chi connectivity index (χ4v) is 1.58. The van der Waals surface area contributed by atoms with E-state index in [4.69, 9.17) is 5.11 Å². The molecule has 0 bridgehead atoms. The predicted octanol–water partition coefficient (Wildman–Crippen LogP) is 1.88. The highest BCUT2D eigenvalue weighted by Crippen LogP contribution is 2.03. The number of urea groups is 1. The summed E-state index contributed by atoms with van der Waals surface area (Å²) >= 11 is 0. The summed E-state index contributed by atoms with van der Waals surface area (Å²) < 4.78 is 12.9. The van der Waals surface area contributed by atoms with E-state index >= 15 is 0 Å². The monoisotopic (exact) mass is 268 g/mol. The summed E-state index contributed by atoms with van der Waals surface area (Å²) in [4.78, 5) is 22.4. The maximum absolute atomic E-state index is 12.9. The van der Waals surface area contributed by atoms with Gasteiger partial charge in [-0.05, 0) is 24.1 Å². The van der Waals surface area contributed by atoms with E-state index in [1.165, 1.54) is 12.1 Å². The second-order valence-corrected chi connectivity index (χ2v) is 4.14. The molecule has 0 spiro atoms. The number of carbonyl (C=O) groups is 2. The summed E-state index contributed by atoms with van der Waals surface area (Å²) in [6, 6.07) is 4.35. The van der Waals surface area contributed by atoms with Gasteiger partial charge in [-0.2, -0.15) is 0 Å². The molecule has 5 nitrogen and oxygen atoms in total. The Morgan fingerprint density at radius 1 is 1.42 bits per heavy atom. The van der Waals surface area contributed by atoms with Crippen LogP contribution in [0, 0.1) is 5.82 Å². The van der Waals surface area contributed by atoms with E-state index in [2.05, 4.69) is 10.6 Å². The van der Waals surface area contributed by atoms with E-state index in [1.54, 1.807) is 12.1 Å². The Morgan fingerprint density at radius 2 is 2.16 bits per heavy atom. The Bertz CT molecular complexity index is 451. The van der Waals surface area contributed by atoms with Crippen LogP contribution in [0.15, 0.2) is 24.3 Å². The van der Waals surface area contributed by atoms with Gasteiger partial charge in [-0.15, -0.1) is 0 Å². The van der Waals surface area contributed by atoms with Crippen molar-refractivity contribution in [2.24, 2.45) is 0 Å². The van der Waals surface area contributed by atoms with Gasteiger partial charge in [-0.3, -0.25) is 0 Å². The van der Waals surface area contributed by atoms with Gasteiger partial charge in [-0.1, -0.05) is 25.5 Å². The molecule has 0 radical (unpaired) electrons. The van der Waals surface area contributed by atoms with Gasteiger partial charge >= 0.3 is 12.0 Å². The number of carboxylic acid groups (broad SMARTS) is 1. The first kappa shape index (κ1) is 14.9. The molecule has 1 aromatic rings. The Kier molecular flexibility index (Phi) is 5.78. The Labute approximate surface area is 110 Å². The molecular weight excluding hydrogens is 251 g/mol. The zero-order valence-electron chi connectivity index (χ0n) is 10.6. The molecule has 0 saturated heterocycles. The topological polar surface area (TPSA) is 78.4 Å². The molecular formula is C13H17FN2O3. The number of rotatable bonds is 6. The molecule has 0 aromatic heterocycles. The summed E-state index contributed by atoms with van der Waals surface area (Å²) in [6.07, 6.45) is 1.02. The van der Waals surface area contributed by atoms with Gasteiger partial charge in [0.2, 0.25) is 0 Å². The minimum absolute atomic E-state index is 0.141. The SMILES string of the molecule is CCCC(NC(=O)NCc1cccc(F)c1)C(=O)O. The third kappa shape index (κ3) is 5.37. The zero-order chi connectivity index (χ0) is 14.3. The Hall–Kier alpha value is -2.11. The van der Waals surface area contributed by atoms with Crippen LogP contribution < -0.4 is 10.6 Å². The van der Waals surface area contributed by atoms with Crippen LogP contribution in [0.5, 0.6) is 0 Å². The fourth-order valence-electron chi connectivity index (χ4n) is 1.58. The van der Waals surface area contributed by atoms with Crippen molar-refractivity contribution in [1.29, 1.82) is 0 Å². The molecule has 1 unspecified atom stereocenters. The Balaban J connectivity index is 2.44. The average Bonchev–Trinajstić information content (AvgIpc) is 2.36. The van der Waals surface area contributed by atoms with Gasteiger partial charge in [0.25, 0.3) is 0 Å². The van der Waals surface area contributed by atoms with Gasteiger partial charge < -0.3 is 15.7 Å². The summed E-state index contributed by atoms with van der Waals surface area (Å²) in [5, 5.41) is 13.7. The van der Waals surface area contributed by atoms with Crippen molar-refractivity contribution in [3.8, 4) is 0 Å². The van der Waals surface area contributed by atoms with Gasteiger partial charge in [0.1, 0.15) is 11.9 Å². The molecule has 0 aliphatic heterocycles. The van der Waals surface area contributed by atoms with Crippen molar-refractivity contribution in [2.75, 3.05) is 0 Å². The van der Waals surface area contributed by atoms with Crippen LogP contribution in [-0.4, -0.2) is 23.1 Å². The second kappa shape index (κ2) is 7.35. The van der Waals surface area contributed by atoms with E-state index in [1.807, 2.05) is 6.92 Å². The van der Waals surface area contributed by atoms with E-state index in [0.29, 0.717) is 18.4 Å². The molecule has 104 valence electrons. The lowest BCUT2D eigenvalue weighted by Gasteiger charge is -2.14. The van der Waals surface area contributed by atoms with Crippen LogP contribution in [0.4, 0.5) is 9.18 Å². The molecule has 0 fully saturated rings. The minimum Gasteiger partial charge on any atom is -0.480 e. The van der Waals surface area contributed by atoms with Crippen molar-refractivity contribution in [2.45, 2.75) is 32.4 Å². The van der Waals surface area contributed by atoms with E-state index in [-0.39, 0.29) is 12.4 Å². The van der Waals surface area contributed by atoms with E-state index in [9.17, 15) is 14.0 Å². The normalized spacial score (nSPS) is 11.7. The van der Waals surface area contributed by atoms with Crippen molar-refractivity contribution in [3.05, 3.63) is 35.6 Å². The molecule has 0 saturated carbocycles. The lowest BCUT2D eigenvalue weighted by molar-refractivity contribution is -0.139. The number of benzene rings is 1. The van der Waals surface area contributed by atoms with Gasteiger partial charge in [-0.25, -0.2) is 14.0 Å². The lowest BCUT2D eigenvalue weighted by atomic mass is 10.2.